The van der Waals surface area contributed by atoms with E-state index in [1.807, 2.05) is 0 Å². The fourth-order valence-corrected chi connectivity index (χ4v) is 4.66. The van der Waals surface area contributed by atoms with E-state index in [1.165, 1.54) is 70.6 Å². The van der Waals surface area contributed by atoms with E-state index in [2.05, 4.69) is 19.2 Å². The molecule has 0 aliphatic heterocycles. The van der Waals surface area contributed by atoms with E-state index in [-0.39, 0.29) is 12.5 Å². The number of carbonyl (C=O) groups is 2. The largest absolute Gasteiger partial charge is 0.396 e. The van der Waals surface area contributed by atoms with Crippen molar-refractivity contribution < 1.29 is 19.4 Å². The molecule has 2 N–H and O–H groups in total. The molecule has 5 heteroatoms. The molecule has 0 aromatic heterocycles. The molecule has 0 heterocycles. The Bertz CT molecular complexity index is 483. The number of ether oxygens (including phenoxy) is 1. The van der Waals surface area contributed by atoms with Gasteiger partial charge >= 0.3 is 0 Å². The van der Waals surface area contributed by atoms with Crippen molar-refractivity contribution in [1.29, 1.82) is 0 Å². The van der Waals surface area contributed by atoms with Crippen LogP contribution in [-0.2, 0) is 14.3 Å². The molecule has 5 nitrogen and oxygen atoms in total. The zero-order valence-electron chi connectivity index (χ0n) is 23.6. The lowest BCUT2D eigenvalue weighted by atomic mass is 9.93. The number of ketones is 1. The standard InChI is InChI=1S/C30H59NO4/c1-27(17-8-4-6-10-21-29(33)22-14-15-26-35-3)19-12-13-20-28(2)18-9-5-7-11-23-30(34)31-24-16-25-32/h27-28,32H,4-26H2,1-3H3,(H,31,34). The van der Waals surface area contributed by atoms with Crippen molar-refractivity contribution >= 4 is 11.7 Å². The summed E-state index contributed by atoms with van der Waals surface area (Å²) in [5, 5.41) is 11.6. The summed E-state index contributed by atoms with van der Waals surface area (Å²) in [6, 6.07) is 0. The van der Waals surface area contributed by atoms with Crippen LogP contribution in [-0.4, -0.2) is 43.7 Å². The maximum absolute atomic E-state index is 11.8. The van der Waals surface area contributed by atoms with Crippen LogP contribution < -0.4 is 5.32 Å². The molecule has 0 aromatic carbocycles. The molecule has 0 fully saturated rings. The number of nitrogens with one attached hydrogen (secondary N) is 1. The number of unbranched alkanes of at least 4 members (excludes halogenated alkanes) is 8. The van der Waals surface area contributed by atoms with Gasteiger partial charge in [-0.05, 0) is 43.9 Å². The van der Waals surface area contributed by atoms with Crippen molar-refractivity contribution in [2.45, 2.75) is 142 Å². The summed E-state index contributed by atoms with van der Waals surface area (Å²) in [6.07, 6.45) is 22.3. The van der Waals surface area contributed by atoms with Gasteiger partial charge in [0.2, 0.25) is 5.91 Å². The predicted molar refractivity (Wildman–Crippen MR) is 148 cm³/mol. The van der Waals surface area contributed by atoms with E-state index in [1.54, 1.807) is 7.11 Å². The summed E-state index contributed by atoms with van der Waals surface area (Å²) >= 11 is 0. The number of amides is 1. The fraction of sp³-hybridized carbons (Fsp3) is 0.933. The Kier molecular flexibility index (Phi) is 25.4. The Morgan fingerprint density at radius 2 is 1.11 bits per heavy atom. The topological polar surface area (TPSA) is 75.6 Å². The highest BCUT2D eigenvalue weighted by atomic mass is 16.5. The van der Waals surface area contributed by atoms with Crippen molar-refractivity contribution in [3.8, 4) is 0 Å². The first-order valence-electron chi connectivity index (χ1n) is 14.9. The first-order chi connectivity index (χ1) is 17.0. The lowest BCUT2D eigenvalue weighted by Crippen LogP contribution is -2.24. The Balaban J connectivity index is 3.42. The van der Waals surface area contributed by atoms with E-state index < -0.39 is 0 Å². The molecule has 0 aliphatic carbocycles. The number of hydrogen-bond acceptors (Lipinski definition) is 4. The van der Waals surface area contributed by atoms with Crippen molar-refractivity contribution in [3.05, 3.63) is 0 Å². The Morgan fingerprint density at radius 1 is 0.657 bits per heavy atom. The summed E-state index contributed by atoms with van der Waals surface area (Å²) < 4.78 is 5.02. The fourth-order valence-electron chi connectivity index (χ4n) is 4.66. The minimum atomic E-state index is 0.123. The number of Topliss-reactive ketones (excluding diaryl/α,β-unsaturated/α-hetero) is 1. The van der Waals surface area contributed by atoms with Crippen LogP contribution in [0.4, 0.5) is 0 Å². The van der Waals surface area contributed by atoms with Gasteiger partial charge in [0, 0.05) is 46.1 Å². The zero-order chi connectivity index (χ0) is 26.0. The molecule has 0 spiro atoms. The molecule has 0 radical (unpaired) electrons. The molecular weight excluding hydrogens is 438 g/mol. The van der Waals surface area contributed by atoms with Gasteiger partial charge < -0.3 is 15.2 Å². The zero-order valence-corrected chi connectivity index (χ0v) is 23.6. The molecule has 208 valence electrons. The van der Waals surface area contributed by atoms with Gasteiger partial charge in [-0.15, -0.1) is 0 Å². The molecular formula is C30H59NO4. The highest BCUT2D eigenvalue weighted by Crippen LogP contribution is 2.21. The average molecular weight is 498 g/mol. The van der Waals surface area contributed by atoms with Crippen LogP contribution in [0.15, 0.2) is 0 Å². The molecule has 0 bridgehead atoms. The maximum atomic E-state index is 11.8. The maximum Gasteiger partial charge on any atom is 0.219 e. The number of rotatable bonds is 27. The highest BCUT2D eigenvalue weighted by Gasteiger charge is 2.06. The number of aliphatic hydroxyl groups excluding tert-OH is 1. The third-order valence-electron chi connectivity index (χ3n) is 7.11. The van der Waals surface area contributed by atoms with E-state index in [0.29, 0.717) is 25.2 Å². The van der Waals surface area contributed by atoms with Crippen LogP contribution in [0.25, 0.3) is 0 Å². The van der Waals surface area contributed by atoms with Crippen LogP contribution >= 0.6 is 0 Å². The van der Waals surface area contributed by atoms with E-state index in [0.717, 1.165) is 63.4 Å². The molecule has 1 amide bonds. The molecule has 0 rings (SSSR count). The molecule has 0 aliphatic rings. The van der Waals surface area contributed by atoms with Crippen molar-refractivity contribution in [2.24, 2.45) is 11.8 Å². The molecule has 0 saturated heterocycles. The summed E-state index contributed by atoms with van der Waals surface area (Å²) in [4.78, 5) is 23.5. The van der Waals surface area contributed by atoms with Crippen LogP contribution in [0.5, 0.6) is 0 Å². The molecule has 35 heavy (non-hydrogen) atoms. The summed E-state index contributed by atoms with van der Waals surface area (Å²) in [6.45, 7) is 6.29. The van der Waals surface area contributed by atoms with Gasteiger partial charge in [-0.3, -0.25) is 9.59 Å². The molecule has 2 unspecified atom stereocenters. The summed E-state index contributed by atoms with van der Waals surface area (Å²) in [5.41, 5.74) is 0. The first kappa shape index (κ1) is 34.1. The third-order valence-corrected chi connectivity index (χ3v) is 7.11. The quantitative estimate of drug-likeness (QED) is 0.116. The van der Waals surface area contributed by atoms with Crippen LogP contribution in [0.3, 0.4) is 0 Å². The second-order valence-electron chi connectivity index (χ2n) is 10.8. The van der Waals surface area contributed by atoms with E-state index in [9.17, 15) is 9.59 Å². The van der Waals surface area contributed by atoms with Crippen LogP contribution in [0, 0.1) is 11.8 Å². The van der Waals surface area contributed by atoms with Gasteiger partial charge in [-0.25, -0.2) is 0 Å². The highest BCUT2D eigenvalue weighted by molar-refractivity contribution is 5.78. The van der Waals surface area contributed by atoms with Crippen molar-refractivity contribution in [2.75, 3.05) is 26.9 Å². The van der Waals surface area contributed by atoms with E-state index >= 15 is 0 Å². The van der Waals surface area contributed by atoms with Gasteiger partial charge in [0.15, 0.2) is 0 Å². The minimum absolute atomic E-state index is 0.123. The lowest BCUT2D eigenvalue weighted by Gasteiger charge is -2.13. The van der Waals surface area contributed by atoms with E-state index in [4.69, 9.17) is 9.84 Å². The number of hydrogen-bond donors (Lipinski definition) is 2. The van der Waals surface area contributed by atoms with Gasteiger partial charge in [0.25, 0.3) is 0 Å². The smallest absolute Gasteiger partial charge is 0.219 e. The number of methoxy groups -OCH3 is 1. The van der Waals surface area contributed by atoms with Gasteiger partial charge in [-0.2, -0.15) is 0 Å². The lowest BCUT2D eigenvalue weighted by molar-refractivity contribution is -0.121. The predicted octanol–water partition coefficient (Wildman–Crippen LogP) is 7.38. The second kappa shape index (κ2) is 26.1. The van der Waals surface area contributed by atoms with Crippen LogP contribution in [0.1, 0.15) is 142 Å². The second-order valence-corrected chi connectivity index (χ2v) is 10.8. The SMILES string of the molecule is COCCCCC(=O)CCCCCCC(C)CCCCC(C)CCCCCCC(=O)NCCCO. The normalized spacial score (nSPS) is 13.0. The minimum Gasteiger partial charge on any atom is -0.396 e. The van der Waals surface area contributed by atoms with Crippen molar-refractivity contribution in [3.63, 3.8) is 0 Å². The Labute approximate surface area is 217 Å². The summed E-state index contributed by atoms with van der Waals surface area (Å²) in [5.74, 6) is 2.19. The van der Waals surface area contributed by atoms with Gasteiger partial charge in [-0.1, -0.05) is 90.9 Å². The number of carbonyl (C=O) groups excluding carboxylic acids is 2. The first-order valence-corrected chi connectivity index (χ1v) is 14.9. The Morgan fingerprint density at radius 3 is 1.63 bits per heavy atom. The molecule has 2 atom stereocenters. The molecule has 0 aromatic rings. The molecule has 0 saturated carbocycles. The van der Waals surface area contributed by atoms with Gasteiger partial charge in [0.05, 0.1) is 0 Å². The van der Waals surface area contributed by atoms with Gasteiger partial charge in [0.1, 0.15) is 5.78 Å². The monoisotopic (exact) mass is 497 g/mol. The third kappa shape index (κ3) is 25.9. The Hall–Kier alpha value is -0.940. The van der Waals surface area contributed by atoms with Crippen molar-refractivity contribution in [1.82, 2.24) is 5.32 Å². The number of aliphatic hydroxyl groups is 1. The average Bonchev–Trinajstić information content (AvgIpc) is 2.84. The summed E-state index contributed by atoms with van der Waals surface area (Å²) in [7, 11) is 1.71. The van der Waals surface area contributed by atoms with Crippen LogP contribution in [0.2, 0.25) is 0 Å².